The van der Waals surface area contributed by atoms with Gasteiger partial charge in [0.2, 0.25) is 0 Å². The fourth-order valence-corrected chi connectivity index (χ4v) is 4.10. The van der Waals surface area contributed by atoms with E-state index in [9.17, 15) is 0 Å². The molecule has 2 heteroatoms. The van der Waals surface area contributed by atoms with Crippen LogP contribution in [0.25, 0.3) is 0 Å². The predicted octanol–water partition coefficient (Wildman–Crippen LogP) is 4.06. The fourth-order valence-electron chi connectivity index (χ4n) is 4.10. The van der Waals surface area contributed by atoms with Crippen LogP contribution in [0.5, 0.6) is 0 Å². The maximum absolute atomic E-state index is 3.87. The second-order valence-electron chi connectivity index (χ2n) is 8.52. The summed E-state index contributed by atoms with van der Waals surface area (Å²) in [7, 11) is 0. The van der Waals surface area contributed by atoms with E-state index in [0.29, 0.717) is 5.41 Å². The van der Waals surface area contributed by atoms with Crippen LogP contribution in [0, 0.1) is 17.3 Å². The molecule has 0 amide bonds. The smallest absolute Gasteiger partial charge is 0.00684 e. The average molecular weight is 293 g/mol. The summed E-state index contributed by atoms with van der Waals surface area (Å²) in [6, 6.07) is 0.865. The van der Waals surface area contributed by atoms with Crippen LogP contribution in [-0.4, -0.2) is 37.1 Å². The van der Waals surface area contributed by atoms with Crippen molar-refractivity contribution < 1.29 is 0 Å². The Labute approximate surface area is 132 Å². The van der Waals surface area contributed by atoms with E-state index >= 15 is 0 Å². The van der Waals surface area contributed by atoms with Gasteiger partial charge >= 0.3 is 0 Å². The summed E-state index contributed by atoms with van der Waals surface area (Å²) in [6.45, 7) is 10.1. The number of hydrogen-bond donors (Lipinski definition) is 1. The Kier molecular flexibility index (Phi) is 5.27. The molecule has 21 heavy (non-hydrogen) atoms. The highest BCUT2D eigenvalue weighted by atomic mass is 15.1. The van der Waals surface area contributed by atoms with Gasteiger partial charge in [0.15, 0.2) is 0 Å². The minimum absolute atomic E-state index is 0.582. The molecule has 0 aromatic rings. The van der Waals surface area contributed by atoms with E-state index in [2.05, 4.69) is 24.1 Å². The summed E-state index contributed by atoms with van der Waals surface area (Å²) in [5.74, 6) is 2.00. The lowest BCUT2D eigenvalue weighted by atomic mass is 9.70. The van der Waals surface area contributed by atoms with Crippen molar-refractivity contribution in [3.05, 3.63) is 0 Å². The molecule has 3 rings (SSSR count). The lowest BCUT2D eigenvalue weighted by Gasteiger charge is -2.43. The Hall–Kier alpha value is -0.0800. The molecule has 0 heterocycles. The molecular formula is C19H36N2. The highest BCUT2D eigenvalue weighted by Gasteiger charge is 2.38. The van der Waals surface area contributed by atoms with Crippen molar-refractivity contribution in [1.29, 1.82) is 0 Å². The maximum atomic E-state index is 3.87. The van der Waals surface area contributed by atoms with E-state index in [-0.39, 0.29) is 0 Å². The molecule has 122 valence electrons. The van der Waals surface area contributed by atoms with Gasteiger partial charge in [-0.25, -0.2) is 0 Å². The molecule has 3 fully saturated rings. The van der Waals surface area contributed by atoms with Gasteiger partial charge in [0, 0.05) is 25.7 Å². The largest absolute Gasteiger partial charge is 0.313 e. The topological polar surface area (TPSA) is 15.3 Å². The average Bonchev–Trinajstić information content (AvgIpc) is 3.35. The predicted molar refractivity (Wildman–Crippen MR) is 90.5 cm³/mol. The van der Waals surface area contributed by atoms with Crippen molar-refractivity contribution in [3.63, 3.8) is 0 Å². The van der Waals surface area contributed by atoms with E-state index < -0.39 is 0 Å². The first-order valence-corrected chi connectivity index (χ1v) is 9.65. The zero-order valence-corrected chi connectivity index (χ0v) is 14.4. The van der Waals surface area contributed by atoms with Gasteiger partial charge in [-0.2, -0.15) is 0 Å². The third-order valence-electron chi connectivity index (χ3n) is 5.99. The molecule has 0 bridgehead atoms. The lowest BCUT2D eigenvalue weighted by molar-refractivity contribution is 0.0832. The summed E-state index contributed by atoms with van der Waals surface area (Å²) in [4.78, 5) is 2.82. The number of nitrogens with one attached hydrogen (secondary N) is 1. The number of rotatable bonds is 9. The molecule has 0 aromatic carbocycles. The van der Waals surface area contributed by atoms with Gasteiger partial charge in [0.05, 0.1) is 0 Å². The Morgan fingerprint density at radius 2 is 1.76 bits per heavy atom. The monoisotopic (exact) mass is 292 g/mol. The van der Waals surface area contributed by atoms with Crippen molar-refractivity contribution in [2.75, 3.05) is 26.2 Å². The van der Waals surface area contributed by atoms with Crippen LogP contribution >= 0.6 is 0 Å². The standard InChI is InChI=1S/C19H36N2/c1-3-12-21(13-17-4-5-17)15-19(14-20-18-6-7-18)10-8-16(2)9-11-19/h16-18,20H,3-15H2,1-2H3. The van der Waals surface area contributed by atoms with Gasteiger partial charge in [0.1, 0.15) is 0 Å². The van der Waals surface area contributed by atoms with E-state index in [1.165, 1.54) is 84.0 Å². The van der Waals surface area contributed by atoms with Crippen molar-refractivity contribution in [2.24, 2.45) is 17.3 Å². The first-order valence-electron chi connectivity index (χ1n) is 9.65. The van der Waals surface area contributed by atoms with Crippen LogP contribution < -0.4 is 5.32 Å². The second-order valence-corrected chi connectivity index (χ2v) is 8.52. The molecule has 3 saturated carbocycles. The van der Waals surface area contributed by atoms with Crippen LogP contribution in [0.4, 0.5) is 0 Å². The van der Waals surface area contributed by atoms with Gasteiger partial charge in [-0.1, -0.05) is 26.7 Å². The van der Waals surface area contributed by atoms with Crippen LogP contribution in [0.3, 0.4) is 0 Å². The maximum Gasteiger partial charge on any atom is 0.00684 e. The van der Waals surface area contributed by atoms with Crippen molar-refractivity contribution in [1.82, 2.24) is 10.2 Å². The Balaban J connectivity index is 1.57. The van der Waals surface area contributed by atoms with E-state index in [1.807, 2.05) is 0 Å². The molecule has 3 aliphatic carbocycles. The molecule has 0 saturated heterocycles. The van der Waals surface area contributed by atoms with Crippen molar-refractivity contribution in [2.45, 2.75) is 77.7 Å². The van der Waals surface area contributed by atoms with Crippen LogP contribution in [0.2, 0.25) is 0 Å². The minimum Gasteiger partial charge on any atom is -0.313 e. The minimum atomic E-state index is 0.582. The SMILES string of the molecule is CCCN(CC1CC1)CC1(CNC2CC2)CCC(C)CC1. The molecular weight excluding hydrogens is 256 g/mol. The van der Waals surface area contributed by atoms with Crippen LogP contribution in [0.1, 0.15) is 71.6 Å². The van der Waals surface area contributed by atoms with E-state index in [4.69, 9.17) is 0 Å². The molecule has 0 unspecified atom stereocenters. The quantitative estimate of drug-likeness (QED) is 0.689. The molecule has 0 radical (unpaired) electrons. The summed E-state index contributed by atoms with van der Waals surface area (Å²) >= 11 is 0. The normalized spacial score (nSPS) is 33.6. The summed E-state index contributed by atoms with van der Waals surface area (Å²) in [5, 5.41) is 3.87. The van der Waals surface area contributed by atoms with Gasteiger partial charge in [-0.15, -0.1) is 0 Å². The third kappa shape index (κ3) is 4.96. The number of nitrogens with zero attached hydrogens (tertiary/aromatic N) is 1. The third-order valence-corrected chi connectivity index (χ3v) is 5.99. The van der Waals surface area contributed by atoms with Gasteiger partial charge in [-0.05, 0) is 68.7 Å². The van der Waals surface area contributed by atoms with Gasteiger partial charge < -0.3 is 10.2 Å². The Morgan fingerprint density at radius 1 is 1.05 bits per heavy atom. The van der Waals surface area contributed by atoms with Gasteiger partial charge in [-0.3, -0.25) is 0 Å². The summed E-state index contributed by atoms with van der Waals surface area (Å²) in [6.07, 6.45) is 13.0. The number of hydrogen-bond acceptors (Lipinski definition) is 2. The molecule has 0 spiro atoms. The first-order chi connectivity index (χ1) is 10.2. The Bertz CT molecular complexity index is 312. The van der Waals surface area contributed by atoms with Gasteiger partial charge in [0.25, 0.3) is 0 Å². The molecule has 3 aliphatic rings. The second kappa shape index (κ2) is 7.00. The van der Waals surface area contributed by atoms with E-state index in [0.717, 1.165) is 17.9 Å². The Morgan fingerprint density at radius 3 is 2.33 bits per heavy atom. The van der Waals surface area contributed by atoms with E-state index in [1.54, 1.807) is 0 Å². The highest BCUT2D eigenvalue weighted by Crippen LogP contribution is 2.40. The van der Waals surface area contributed by atoms with Crippen molar-refractivity contribution in [3.8, 4) is 0 Å². The van der Waals surface area contributed by atoms with Crippen LogP contribution in [0.15, 0.2) is 0 Å². The van der Waals surface area contributed by atoms with Crippen molar-refractivity contribution >= 4 is 0 Å². The summed E-state index contributed by atoms with van der Waals surface area (Å²) < 4.78 is 0. The lowest BCUT2D eigenvalue weighted by Crippen LogP contribution is -2.47. The van der Waals surface area contributed by atoms with Crippen LogP contribution in [-0.2, 0) is 0 Å². The molecule has 1 N–H and O–H groups in total. The molecule has 0 aliphatic heterocycles. The molecule has 0 aromatic heterocycles. The summed E-state index contributed by atoms with van der Waals surface area (Å²) in [5.41, 5.74) is 0.582. The molecule has 2 nitrogen and oxygen atoms in total. The fraction of sp³-hybridized carbons (Fsp3) is 1.00. The molecule has 0 atom stereocenters. The highest BCUT2D eigenvalue weighted by molar-refractivity contribution is 4.93. The zero-order valence-electron chi connectivity index (χ0n) is 14.4. The first kappa shape index (κ1) is 15.8. The zero-order chi connectivity index (χ0) is 14.7.